The molecule has 0 radical (unpaired) electrons. The van der Waals surface area contributed by atoms with Crippen molar-refractivity contribution in [2.45, 2.75) is 6.54 Å². The summed E-state index contributed by atoms with van der Waals surface area (Å²) in [6, 6.07) is 3.46. The fourth-order valence-electron chi connectivity index (χ4n) is 1.39. The van der Waals surface area contributed by atoms with Gasteiger partial charge in [0.15, 0.2) is 0 Å². The van der Waals surface area contributed by atoms with Crippen LogP contribution in [0.4, 0.5) is 14.5 Å². The van der Waals surface area contributed by atoms with Crippen molar-refractivity contribution >= 4 is 11.6 Å². The van der Waals surface area contributed by atoms with Gasteiger partial charge in [-0.25, -0.2) is 8.78 Å². The predicted molar refractivity (Wildman–Crippen MR) is 60.6 cm³/mol. The number of amides is 1. The molecule has 0 saturated carbocycles. The maximum Gasteiger partial charge on any atom is 0.251 e. The van der Waals surface area contributed by atoms with Gasteiger partial charge in [0.05, 0.1) is 12.5 Å². The Bertz CT molecular complexity index is 544. The van der Waals surface area contributed by atoms with Crippen LogP contribution in [0.5, 0.6) is 0 Å². The zero-order valence-corrected chi connectivity index (χ0v) is 9.24. The molecule has 0 aliphatic heterocycles. The summed E-state index contributed by atoms with van der Waals surface area (Å²) in [5.74, 6) is -2.50. The van der Waals surface area contributed by atoms with Crippen molar-refractivity contribution in [1.29, 1.82) is 0 Å². The van der Waals surface area contributed by atoms with Crippen LogP contribution in [-0.4, -0.2) is 5.91 Å². The summed E-state index contributed by atoms with van der Waals surface area (Å²) in [5, 5.41) is 2.50. The smallest absolute Gasteiger partial charge is 0.251 e. The Labute approximate surface area is 101 Å². The largest absolute Gasteiger partial charge is 0.472 e. The third-order valence-electron chi connectivity index (χ3n) is 2.37. The topological polar surface area (TPSA) is 68.3 Å². The minimum atomic E-state index is -0.955. The van der Waals surface area contributed by atoms with Crippen molar-refractivity contribution in [3.63, 3.8) is 0 Å². The van der Waals surface area contributed by atoms with Gasteiger partial charge >= 0.3 is 0 Å². The molecule has 0 bridgehead atoms. The molecular formula is C12H10F2N2O2. The number of hydrogen-bond acceptors (Lipinski definition) is 3. The number of anilines is 1. The molecule has 0 spiro atoms. The summed E-state index contributed by atoms with van der Waals surface area (Å²) < 4.78 is 31.1. The highest BCUT2D eigenvalue weighted by Gasteiger charge is 2.12. The van der Waals surface area contributed by atoms with Gasteiger partial charge in [0.2, 0.25) is 0 Å². The molecule has 0 aliphatic carbocycles. The standard InChI is InChI=1S/C12H10F2N2O2/c13-9-3-8(4-10(14)11(9)15)12(17)16-5-7-1-2-18-6-7/h1-4,6H,5,15H2,(H,16,17). The number of halogens is 2. The van der Waals surface area contributed by atoms with E-state index in [-0.39, 0.29) is 12.1 Å². The number of rotatable bonds is 3. The Hall–Kier alpha value is -2.37. The zero-order valence-electron chi connectivity index (χ0n) is 9.24. The van der Waals surface area contributed by atoms with Gasteiger partial charge in [0.1, 0.15) is 17.3 Å². The predicted octanol–water partition coefficient (Wildman–Crippen LogP) is 2.07. The average Bonchev–Trinajstić information content (AvgIpc) is 2.85. The number of carbonyl (C=O) groups is 1. The first-order valence-electron chi connectivity index (χ1n) is 5.11. The molecule has 1 aromatic carbocycles. The number of hydrogen-bond donors (Lipinski definition) is 2. The molecular weight excluding hydrogens is 242 g/mol. The zero-order chi connectivity index (χ0) is 13.1. The van der Waals surface area contributed by atoms with E-state index in [1.165, 1.54) is 12.5 Å². The van der Waals surface area contributed by atoms with Crippen molar-refractivity contribution in [2.75, 3.05) is 5.73 Å². The van der Waals surface area contributed by atoms with Crippen LogP contribution in [0, 0.1) is 11.6 Å². The van der Waals surface area contributed by atoms with E-state index < -0.39 is 23.2 Å². The summed E-state index contributed by atoms with van der Waals surface area (Å²) in [4.78, 5) is 11.6. The number of nitrogens with one attached hydrogen (secondary N) is 1. The van der Waals surface area contributed by atoms with Gasteiger partial charge < -0.3 is 15.5 Å². The molecule has 0 saturated heterocycles. The lowest BCUT2D eigenvalue weighted by Crippen LogP contribution is -2.23. The van der Waals surface area contributed by atoms with Crippen molar-refractivity contribution < 1.29 is 18.0 Å². The fourth-order valence-corrected chi connectivity index (χ4v) is 1.39. The summed E-state index contributed by atoms with van der Waals surface area (Å²) in [6.45, 7) is 0.211. The van der Waals surface area contributed by atoms with E-state index >= 15 is 0 Å². The Morgan fingerprint density at radius 2 is 2.00 bits per heavy atom. The normalized spacial score (nSPS) is 10.3. The minimum Gasteiger partial charge on any atom is -0.472 e. The highest BCUT2D eigenvalue weighted by atomic mass is 19.1. The highest BCUT2D eigenvalue weighted by Crippen LogP contribution is 2.17. The summed E-state index contributed by atoms with van der Waals surface area (Å²) in [6.07, 6.45) is 2.93. The quantitative estimate of drug-likeness (QED) is 0.821. The first kappa shape index (κ1) is 12.1. The Morgan fingerprint density at radius 3 is 2.56 bits per heavy atom. The summed E-state index contributed by atoms with van der Waals surface area (Å²) >= 11 is 0. The lowest BCUT2D eigenvalue weighted by molar-refractivity contribution is 0.0950. The molecule has 1 heterocycles. The molecule has 3 N–H and O–H groups in total. The van der Waals surface area contributed by atoms with Crippen molar-refractivity contribution in [2.24, 2.45) is 0 Å². The number of benzene rings is 1. The van der Waals surface area contributed by atoms with E-state index in [2.05, 4.69) is 5.32 Å². The van der Waals surface area contributed by atoms with Gasteiger partial charge in [-0.05, 0) is 18.2 Å². The van der Waals surface area contributed by atoms with Crippen LogP contribution in [0.3, 0.4) is 0 Å². The Balaban J connectivity index is 2.09. The molecule has 2 aromatic rings. The van der Waals surface area contributed by atoms with E-state index in [9.17, 15) is 13.6 Å². The third-order valence-corrected chi connectivity index (χ3v) is 2.37. The second kappa shape index (κ2) is 4.87. The second-order valence-electron chi connectivity index (χ2n) is 3.67. The molecule has 0 aliphatic rings. The first-order valence-corrected chi connectivity index (χ1v) is 5.11. The van der Waals surface area contributed by atoms with Gasteiger partial charge in [-0.2, -0.15) is 0 Å². The number of carbonyl (C=O) groups excluding carboxylic acids is 1. The number of nitrogen functional groups attached to an aromatic ring is 1. The molecule has 0 fully saturated rings. The molecule has 6 heteroatoms. The second-order valence-corrected chi connectivity index (χ2v) is 3.67. The van der Waals surface area contributed by atoms with Crippen LogP contribution < -0.4 is 11.1 Å². The van der Waals surface area contributed by atoms with Crippen LogP contribution in [0.2, 0.25) is 0 Å². The molecule has 0 atom stereocenters. The average molecular weight is 252 g/mol. The van der Waals surface area contributed by atoms with Crippen LogP contribution in [0.1, 0.15) is 15.9 Å². The molecule has 18 heavy (non-hydrogen) atoms. The maximum atomic E-state index is 13.2. The summed E-state index contributed by atoms with van der Waals surface area (Å²) in [5.41, 5.74) is 5.14. The van der Waals surface area contributed by atoms with E-state index in [0.717, 1.165) is 17.7 Å². The fraction of sp³-hybridized carbons (Fsp3) is 0.0833. The summed E-state index contributed by atoms with van der Waals surface area (Å²) in [7, 11) is 0. The molecule has 1 aromatic heterocycles. The van der Waals surface area contributed by atoms with Crippen LogP contribution in [0.25, 0.3) is 0 Å². The molecule has 2 rings (SSSR count). The number of furan rings is 1. The highest BCUT2D eigenvalue weighted by molar-refractivity contribution is 5.94. The number of nitrogens with two attached hydrogens (primary N) is 1. The SMILES string of the molecule is Nc1c(F)cc(C(=O)NCc2ccoc2)cc1F. The van der Waals surface area contributed by atoms with E-state index in [1.54, 1.807) is 6.07 Å². The maximum absolute atomic E-state index is 13.2. The van der Waals surface area contributed by atoms with E-state index in [0.29, 0.717) is 0 Å². The monoisotopic (exact) mass is 252 g/mol. The van der Waals surface area contributed by atoms with Crippen molar-refractivity contribution in [3.8, 4) is 0 Å². The van der Waals surface area contributed by atoms with Crippen LogP contribution >= 0.6 is 0 Å². The first-order chi connectivity index (χ1) is 8.58. The van der Waals surface area contributed by atoms with E-state index in [4.69, 9.17) is 10.2 Å². The Morgan fingerprint density at radius 1 is 1.33 bits per heavy atom. The van der Waals surface area contributed by atoms with E-state index in [1.807, 2.05) is 0 Å². The van der Waals surface area contributed by atoms with Gasteiger partial charge in [0.25, 0.3) is 5.91 Å². The Kier molecular flexibility index (Phi) is 3.27. The van der Waals surface area contributed by atoms with Crippen molar-refractivity contribution in [3.05, 3.63) is 53.5 Å². The third kappa shape index (κ3) is 2.48. The van der Waals surface area contributed by atoms with Gasteiger partial charge in [-0.1, -0.05) is 0 Å². The lowest BCUT2D eigenvalue weighted by atomic mass is 10.1. The van der Waals surface area contributed by atoms with Crippen LogP contribution in [-0.2, 0) is 6.54 Å². The minimum absolute atomic E-state index is 0.123. The van der Waals surface area contributed by atoms with Gasteiger partial charge in [-0.3, -0.25) is 4.79 Å². The van der Waals surface area contributed by atoms with Crippen molar-refractivity contribution in [1.82, 2.24) is 5.32 Å². The van der Waals surface area contributed by atoms with Gasteiger partial charge in [0, 0.05) is 17.7 Å². The lowest BCUT2D eigenvalue weighted by Gasteiger charge is -2.05. The van der Waals surface area contributed by atoms with Gasteiger partial charge in [-0.15, -0.1) is 0 Å². The molecule has 94 valence electrons. The molecule has 0 unspecified atom stereocenters. The van der Waals surface area contributed by atoms with Crippen LogP contribution in [0.15, 0.2) is 35.1 Å². The molecule has 1 amide bonds. The molecule has 4 nitrogen and oxygen atoms in total.